The van der Waals surface area contributed by atoms with E-state index in [0.29, 0.717) is 0 Å². The molecule has 0 fully saturated rings. The van der Waals surface area contributed by atoms with Crippen molar-refractivity contribution in [1.29, 1.82) is 0 Å². The number of thiophene rings is 1. The molecule has 0 radical (unpaired) electrons. The fourth-order valence-electron chi connectivity index (χ4n) is 15.7. The fraction of sp³-hybridized carbons (Fsp3) is 0.0625. The summed E-state index contributed by atoms with van der Waals surface area (Å²) in [6, 6.07) is 120. The molecule has 3 aromatic heterocycles. The van der Waals surface area contributed by atoms with E-state index in [0.717, 1.165) is 94.7 Å². The van der Waals surface area contributed by atoms with E-state index >= 15 is 0 Å². The van der Waals surface area contributed by atoms with Crippen LogP contribution < -0.4 is 16.0 Å². The first-order chi connectivity index (χ1) is 50.1. The number of fused-ring (bicyclic) bond motifs is 15. The van der Waals surface area contributed by atoms with Crippen LogP contribution in [0.4, 0.5) is 34.1 Å². The average molecular weight is 1330 g/mol. The number of rotatable bonds is 10. The molecule has 0 unspecified atom stereocenters. The Morgan fingerprint density at radius 3 is 1.44 bits per heavy atom. The zero-order chi connectivity index (χ0) is 68.5. The van der Waals surface area contributed by atoms with Crippen LogP contribution in [-0.4, -0.2) is 0 Å². The zero-order valence-electron chi connectivity index (χ0n) is 57.1. The minimum Gasteiger partial charge on any atom is -0.456 e. The van der Waals surface area contributed by atoms with Crippen molar-refractivity contribution in [2.75, 3.05) is 16.0 Å². The Balaban J connectivity index is 0.000000112. The van der Waals surface area contributed by atoms with Crippen LogP contribution in [0.25, 0.3) is 131 Å². The van der Waals surface area contributed by atoms with Crippen LogP contribution in [0.15, 0.2) is 349 Å². The van der Waals surface area contributed by atoms with Crippen LogP contribution >= 0.6 is 11.3 Å². The van der Waals surface area contributed by atoms with Crippen molar-refractivity contribution in [3.63, 3.8) is 0 Å². The Bertz CT molecular complexity index is 6220. The summed E-state index contributed by atoms with van der Waals surface area (Å²) in [7, 11) is 0. The van der Waals surface area contributed by atoms with Crippen molar-refractivity contribution >= 4 is 110 Å². The van der Waals surface area contributed by atoms with Crippen molar-refractivity contribution in [3.05, 3.63) is 362 Å². The Labute approximate surface area is 597 Å². The first-order valence-electron chi connectivity index (χ1n) is 35.0. The lowest BCUT2D eigenvalue weighted by molar-refractivity contribution is 0.660. The summed E-state index contributed by atoms with van der Waals surface area (Å²) in [4.78, 5) is 0. The monoisotopic (exact) mass is 1330 g/mol. The van der Waals surface area contributed by atoms with Crippen LogP contribution in [0, 0.1) is 0 Å². The summed E-state index contributed by atoms with van der Waals surface area (Å²) in [5.41, 5.74) is 30.3. The van der Waals surface area contributed by atoms with E-state index in [1.165, 1.54) is 92.5 Å². The molecule has 0 saturated heterocycles. The highest BCUT2D eigenvalue weighted by Crippen LogP contribution is 2.53. The summed E-state index contributed by atoms with van der Waals surface area (Å²) in [6.45, 7) is 9.34. The predicted octanol–water partition coefficient (Wildman–Crippen LogP) is 27.7. The maximum absolute atomic E-state index is 6.50. The van der Waals surface area contributed by atoms with Gasteiger partial charge in [-0.3, -0.25) is 0 Å². The van der Waals surface area contributed by atoms with Crippen molar-refractivity contribution in [3.8, 4) is 66.8 Å². The van der Waals surface area contributed by atoms with Crippen LogP contribution in [0.1, 0.15) is 49.9 Å². The molecule has 3 heterocycles. The number of furan rings is 2. The lowest BCUT2D eigenvalue weighted by atomic mass is 9.81. The Morgan fingerprint density at radius 1 is 0.245 bits per heavy atom. The highest BCUT2D eigenvalue weighted by Gasteiger charge is 2.37. The molecule has 102 heavy (non-hydrogen) atoms. The van der Waals surface area contributed by atoms with Crippen LogP contribution in [0.5, 0.6) is 0 Å². The van der Waals surface area contributed by atoms with Gasteiger partial charge in [-0.05, 0) is 163 Å². The van der Waals surface area contributed by atoms with Crippen molar-refractivity contribution in [2.24, 2.45) is 0 Å². The molecule has 5 nitrogen and oxygen atoms in total. The summed E-state index contributed by atoms with van der Waals surface area (Å²) in [6.07, 6.45) is 0. The van der Waals surface area contributed by atoms with Gasteiger partial charge in [-0.1, -0.05) is 276 Å². The number of nitrogens with one attached hydrogen (secondary N) is 3. The van der Waals surface area contributed by atoms with Gasteiger partial charge < -0.3 is 24.8 Å². The molecular formula is C96H71N3O2S. The molecule has 2 aliphatic carbocycles. The third-order valence-corrected chi connectivity index (χ3v) is 21.9. The minimum atomic E-state index is -0.0422. The van der Waals surface area contributed by atoms with Gasteiger partial charge in [0.05, 0.1) is 22.1 Å². The lowest BCUT2D eigenvalue weighted by Gasteiger charge is -2.22. The van der Waals surface area contributed by atoms with Gasteiger partial charge in [0.1, 0.15) is 22.3 Å². The molecule has 0 saturated carbocycles. The SMILES string of the molecule is CC1(C)c2ccccc2-c2ccc(-c3ccccc3Nc3ccc(-c4ccccc4)c4oc5ccccc5c34)cc21.CC1(C)c2ccccc2-c2ccc(Nc3cc4c(cc3-c3ccccc3)sc3ccccc34)cc21.c1ccc(Nc2cc(-c3ccccc3)cc3oc4ccccc4c23)cc1. The second-order valence-corrected chi connectivity index (χ2v) is 28.8. The van der Waals surface area contributed by atoms with E-state index in [2.05, 4.69) is 329 Å². The number of hydrogen-bond acceptors (Lipinski definition) is 6. The first-order valence-corrected chi connectivity index (χ1v) is 35.8. The number of para-hydroxylation sites is 4. The molecule has 0 spiro atoms. The molecule has 3 N–H and O–H groups in total. The highest BCUT2D eigenvalue weighted by atomic mass is 32.1. The fourth-order valence-corrected chi connectivity index (χ4v) is 16.9. The van der Waals surface area contributed by atoms with E-state index in [9.17, 15) is 0 Å². The first kappa shape index (κ1) is 61.8. The van der Waals surface area contributed by atoms with Crippen LogP contribution in [0.2, 0.25) is 0 Å². The third-order valence-electron chi connectivity index (χ3n) is 20.8. The molecule has 0 amide bonds. The predicted molar refractivity (Wildman–Crippen MR) is 433 cm³/mol. The lowest BCUT2D eigenvalue weighted by Crippen LogP contribution is -2.15. The quantitative estimate of drug-likeness (QED) is 0.127. The molecule has 18 aromatic rings. The van der Waals surface area contributed by atoms with Crippen LogP contribution in [0.3, 0.4) is 0 Å². The molecule has 0 bridgehead atoms. The van der Waals surface area contributed by atoms with Gasteiger partial charge in [0, 0.05) is 81.2 Å². The van der Waals surface area contributed by atoms with Gasteiger partial charge in [0.2, 0.25) is 0 Å². The van der Waals surface area contributed by atoms with E-state index in [-0.39, 0.29) is 10.8 Å². The van der Waals surface area contributed by atoms with Crippen molar-refractivity contribution in [1.82, 2.24) is 0 Å². The second-order valence-electron chi connectivity index (χ2n) is 27.7. The Hall–Kier alpha value is -12.5. The normalized spacial score (nSPS) is 12.9. The highest BCUT2D eigenvalue weighted by molar-refractivity contribution is 7.25. The number of hydrogen-bond donors (Lipinski definition) is 3. The second kappa shape index (κ2) is 25.4. The molecule has 6 heteroatoms. The van der Waals surface area contributed by atoms with E-state index in [4.69, 9.17) is 8.83 Å². The largest absolute Gasteiger partial charge is 0.456 e. The molecular weight excluding hydrogens is 1260 g/mol. The summed E-state index contributed by atoms with van der Waals surface area (Å²) < 4.78 is 15.3. The Kier molecular flexibility index (Phi) is 15.4. The Morgan fingerprint density at radius 2 is 0.755 bits per heavy atom. The van der Waals surface area contributed by atoms with E-state index in [1.807, 2.05) is 65.9 Å². The van der Waals surface area contributed by atoms with Gasteiger partial charge in [0.15, 0.2) is 0 Å². The standard InChI is InChI=1S/C39H29NO.C33H25NS.C24H17NO/c1-39(2)32-17-9-6-15-29(32)30-21-20-26(24-33(30)39)27-14-7-10-18-34(27)40-35-23-22-28(25-12-4-3-5-13-25)38-37(35)31-16-8-11-19-36(31)41-38;1-33(2)28-14-8-6-12-23(28)24-17-16-22(18-29(24)33)34-30-19-27-25-13-7-9-15-31(25)35-32(27)20-26(30)21-10-4-3-5-11-21;1-3-9-17(10-4-1)18-15-21(25-19-11-5-2-6-12-19)24-20-13-7-8-14-22(20)26-23(24)16-18/h3-24,40H,1-2H3;3-20,34H,1-2H3;1-16,25H. The molecule has 20 rings (SSSR count). The topological polar surface area (TPSA) is 62.4 Å². The number of anilines is 6. The maximum Gasteiger partial charge on any atom is 0.145 e. The molecule has 2 aliphatic rings. The summed E-state index contributed by atoms with van der Waals surface area (Å²) >= 11 is 1.87. The minimum absolute atomic E-state index is 0.0145. The van der Waals surface area contributed by atoms with Gasteiger partial charge in [-0.2, -0.15) is 0 Å². The van der Waals surface area contributed by atoms with Crippen molar-refractivity contribution in [2.45, 2.75) is 38.5 Å². The molecule has 15 aromatic carbocycles. The summed E-state index contributed by atoms with van der Waals surface area (Å²) in [5, 5.41) is 18.3. The third kappa shape index (κ3) is 11.0. The van der Waals surface area contributed by atoms with Gasteiger partial charge >= 0.3 is 0 Å². The molecule has 0 atom stereocenters. The van der Waals surface area contributed by atoms with Gasteiger partial charge in [0.25, 0.3) is 0 Å². The smallest absolute Gasteiger partial charge is 0.145 e. The maximum atomic E-state index is 6.50. The molecule has 0 aliphatic heterocycles. The van der Waals surface area contributed by atoms with E-state index < -0.39 is 0 Å². The zero-order valence-corrected chi connectivity index (χ0v) is 57.9. The summed E-state index contributed by atoms with van der Waals surface area (Å²) in [5.74, 6) is 0. The van der Waals surface area contributed by atoms with E-state index in [1.54, 1.807) is 0 Å². The van der Waals surface area contributed by atoms with Gasteiger partial charge in [-0.25, -0.2) is 0 Å². The van der Waals surface area contributed by atoms with Crippen molar-refractivity contribution < 1.29 is 8.83 Å². The van der Waals surface area contributed by atoms with Crippen LogP contribution in [-0.2, 0) is 10.8 Å². The average Bonchev–Trinajstić information content (AvgIpc) is 1.59. The number of benzene rings is 15. The molecule has 488 valence electrons. The van der Waals surface area contributed by atoms with Gasteiger partial charge in [-0.15, -0.1) is 11.3 Å².